The minimum absolute atomic E-state index is 0.0107. The molecule has 0 saturated carbocycles. The Morgan fingerprint density at radius 3 is 2.21 bits per heavy atom. The summed E-state index contributed by atoms with van der Waals surface area (Å²) in [5, 5.41) is 3.03. The third-order valence-electron chi connectivity index (χ3n) is 6.53. The van der Waals surface area contributed by atoms with Crippen LogP contribution >= 0.6 is 11.6 Å². The molecule has 38 heavy (non-hydrogen) atoms. The molecule has 0 saturated heterocycles. The minimum Gasteiger partial charge on any atom is -0.357 e. The van der Waals surface area contributed by atoms with Crippen molar-refractivity contribution in [3.05, 3.63) is 94.0 Å². The van der Waals surface area contributed by atoms with Crippen LogP contribution in [0, 0.1) is 20.8 Å². The van der Waals surface area contributed by atoms with E-state index in [0.717, 1.165) is 26.6 Å². The Hall–Kier alpha value is -3.36. The van der Waals surface area contributed by atoms with Crippen molar-refractivity contribution in [1.29, 1.82) is 0 Å². The lowest BCUT2D eigenvalue weighted by Gasteiger charge is -2.33. The average Bonchev–Trinajstić information content (AvgIpc) is 2.88. The molecule has 9 heteroatoms. The topological polar surface area (TPSA) is 86.8 Å². The van der Waals surface area contributed by atoms with Gasteiger partial charge in [-0.2, -0.15) is 0 Å². The molecule has 1 N–H and O–H groups in total. The number of carbonyl (C=O) groups is 2. The molecule has 0 spiro atoms. The first-order valence-electron chi connectivity index (χ1n) is 12.4. The zero-order valence-corrected chi connectivity index (χ0v) is 23.9. The van der Waals surface area contributed by atoms with E-state index in [1.807, 2.05) is 58.0 Å². The molecule has 3 aromatic carbocycles. The van der Waals surface area contributed by atoms with Crippen LogP contribution in [0.4, 0.5) is 5.69 Å². The maximum absolute atomic E-state index is 13.9. The van der Waals surface area contributed by atoms with E-state index < -0.39 is 28.5 Å². The molecular formula is C29H34ClN3O4S. The van der Waals surface area contributed by atoms with Crippen molar-refractivity contribution in [2.45, 2.75) is 51.6 Å². The van der Waals surface area contributed by atoms with Crippen molar-refractivity contribution >= 4 is 39.1 Å². The van der Waals surface area contributed by atoms with Crippen molar-refractivity contribution in [2.75, 3.05) is 17.9 Å². The third kappa shape index (κ3) is 6.74. The zero-order valence-electron chi connectivity index (χ0n) is 22.4. The molecule has 0 aliphatic heterocycles. The first kappa shape index (κ1) is 29.2. The van der Waals surface area contributed by atoms with E-state index in [1.165, 1.54) is 36.2 Å². The van der Waals surface area contributed by atoms with Gasteiger partial charge in [-0.3, -0.25) is 13.9 Å². The number of halogens is 1. The van der Waals surface area contributed by atoms with Crippen LogP contribution in [0.3, 0.4) is 0 Å². The van der Waals surface area contributed by atoms with Gasteiger partial charge < -0.3 is 10.2 Å². The number of benzene rings is 3. The molecule has 1 atom stereocenters. The monoisotopic (exact) mass is 555 g/mol. The Labute approximate surface area is 230 Å². The van der Waals surface area contributed by atoms with E-state index in [0.29, 0.717) is 17.1 Å². The van der Waals surface area contributed by atoms with E-state index >= 15 is 0 Å². The molecule has 7 nitrogen and oxygen atoms in total. The van der Waals surface area contributed by atoms with E-state index in [2.05, 4.69) is 5.32 Å². The number of nitrogens with zero attached hydrogens (tertiary/aromatic N) is 2. The second-order valence-corrected chi connectivity index (χ2v) is 11.6. The third-order valence-corrected chi connectivity index (χ3v) is 8.57. The standard InChI is InChI=1S/C29H34ClN3O4S/c1-6-27(29(35)31-5)32(18-23-9-7-8-20(2)16-23)28(34)19-33(25-13-10-21(3)22(4)17-25)38(36,37)26-14-11-24(30)12-15-26/h7-17,27H,6,18-19H2,1-5H3,(H,31,35)/t27-/m1/s1. The average molecular weight is 556 g/mol. The molecule has 3 aromatic rings. The molecule has 0 aliphatic rings. The number of hydrogen-bond acceptors (Lipinski definition) is 4. The summed E-state index contributed by atoms with van der Waals surface area (Å²) < 4.78 is 28.8. The van der Waals surface area contributed by atoms with Crippen molar-refractivity contribution < 1.29 is 18.0 Å². The van der Waals surface area contributed by atoms with Crippen molar-refractivity contribution in [1.82, 2.24) is 10.2 Å². The number of anilines is 1. The molecular weight excluding hydrogens is 522 g/mol. The highest BCUT2D eigenvalue weighted by Crippen LogP contribution is 2.27. The fourth-order valence-electron chi connectivity index (χ4n) is 4.24. The molecule has 202 valence electrons. The predicted octanol–water partition coefficient (Wildman–Crippen LogP) is 5.01. The highest BCUT2D eigenvalue weighted by atomic mass is 35.5. The molecule has 0 unspecified atom stereocenters. The predicted molar refractivity (Wildman–Crippen MR) is 152 cm³/mol. The van der Waals surface area contributed by atoms with Gasteiger partial charge in [0.15, 0.2) is 0 Å². The van der Waals surface area contributed by atoms with Crippen LogP contribution in [-0.2, 0) is 26.2 Å². The van der Waals surface area contributed by atoms with Gasteiger partial charge >= 0.3 is 0 Å². The molecule has 0 aromatic heterocycles. The summed E-state index contributed by atoms with van der Waals surface area (Å²) in [5.74, 6) is -0.801. The normalized spacial score (nSPS) is 12.1. The number of sulfonamides is 1. The quantitative estimate of drug-likeness (QED) is 0.381. The number of hydrogen-bond donors (Lipinski definition) is 1. The molecule has 3 rings (SSSR count). The smallest absolute Gasteiger partial charge is 0.264 e. The Bertz CT molecular complexity index is 1410. The number of likely N-dealkylation sites (N-methyl/N-ethyl adjacent to an activating group) is 1. The fourth-order valence-corrected chi connectivity index (χ4v) is 5.77. The van der Waals surface area contributed by atoms with Gasteiger partial charge in [-0.25, -0.2) is 8.42 Å². The van der Waals surface area contributed by atoms with Crippen LogP contribution in [0.25, 0.3) is 0 Å². The summed E-state index contributed by atoms with van der Waals surface area (Å²) >= 11 is 6.00. The van der Waals surface area contributed by atoms with Crippen molar-refractivity contribution in [3.8, 4) is 0 Å². The number of nitrogens with one attached hydrogen (secondary N) is 1. The lowest BCUT2D eigenvalue weighted by atomic mass is 10.1. The Balaban J connectivity index is 2.09. The van der Waals surface area contributed by atoms with Crippen molar-refractivity contribution in [3.63, 3.8) is 0 Å². The van der Waals surface area contributed by atoms with Gasteiger partial charge in [-0.15, -0.1) is 0 Å². The van der Waals surface area contributed by atoms with E-state index in [1.54, 1.807) is 12.1 Å². The molecule has 0 radical (unpaired) electrons. The van der Waals surface area contributed by atoms with Crippen LogP contribution < -0.4 is 9.62 Å². The SMILES string of the molecule is CC[C@H](C(=O)NC)N(Cc1cccc(C)c1)C(=O)CN(c1ccc(C)c(C)c1)S(=O)(=O)c1ccc(Cl)cc1. The van der Waals surface area contributed by atoms with Gasteiger partial charge in [-0.05, 0) is 80.3 Å². The van der Waals surface area contributed by atoms with Crippen LogP contribution in [0.15, 0.2) is 71.6 Å². The van der Waals surface area contributed by atoms with Crippen molar-refractivity contribution in [2.24, 2.45) is 0 Å². The first-order chi connectivity index (χ1) is 18.0. The van der Waals surface area contributed by atoms with Gasteiger partial charge in [0.25, 0.3) is 10.0 Å². The molecule has 0 bridgehead atoms. The lowest BCUT2D eigenvalue weighted by Crippen LogP contribution is -2.51. The number of aryl methyl sites for hydroxylation is 3. The maximum Gasteiger partial charge on any atom is 0.264 e. The van der Waals surface area contributed by atoms with Crippen LogP contribution in [-0.4, -0.2) is 44.8 Å². The highest BCUT2D eigenvalue weighted by Gasteiger charge is 2.33. The Morgan fingerprint density at radius 1 is 0.947 bits per heavy atom. The highest BCUT2D eigenvalue weighted by molar-refractivity contribution is 7.92. The molecule has 0 aliphatic carbocycles. The number of rotatable bonds is 10. The van der Waals surface area contributed by atoms with Gasteiger partial charge in [0.1, 0.15) is 12.6 Å². The van der Waals surface area contributed by atoms with Crippen LogP contribution in [0.5, 0.6) is 0 Å². The molecule has 0 fully saturated rings. The second-order valence-electron chi connectivity index (χ2n) is 9.28. The molecule has 0 heterocycles. The second kappa shape index (κ2) is 12.5. The van der Waals surface area contributed by atoms with Gasteiger partial charge in [0.05, 0.1) is 10.6 Å². The lowest BCUT2D eigenvalue weighted by molar-refractivity contribution is -0.140. The van der Waals surface area contributed by atoms with Gasteiger partial charge in [0.2, 0.25) is 11.8 Å². The number of amides is 2. The summed E-state index contributed by atoms with van der Waals surface area (Å²) in [7, 11) is -2.62. The van der Waals surface area contributed by atoms with Gasteiger partial charge in [0, 0.05) is 18.6 Å². The largest absolute Gasteiger partial charge is 0.357 e. The first-order valence-corrected chi connectivity index (χ1v) is 14.2. The van der Waals surface area contributed by atoms with Crippen LogP contribution in [0.1, 0.15) is 35.6 Å². The minimum atomic E-state index is -4.14. The number of carbonyl (C=O) groups excluding carboxylic acids is 2. The summed E-state index contributed by atoms with van der Waals surface area (Å²) in [5.41, 5.74) is 4.11. The van der Waals surface area contributed by atoms with E-state index in [4.69, 9.17) is 11.6 Å². The van der Waals surface area contributed by atoms with E-state index in [9.17, 15) is 18.0 Å². The summed E-state index contributed by atoms with van der Waals surface area (Å²) in [4.78, 5) is 28.2. The summed E-state index contributed by atoms with van der Waals surface area (Å²) in [6.45, 7) is 7.27. The van der Waals surface area contributed by atoms with Gasteiger partial charge in [-0.1, -0.05) is 54.4 Å². The van der Waals surface area contributed by atoms with E-state index in [-0.39, 0.29) is 17.3 Å². The Kier molecular flexibility index (Phi) is 9.57. The maximum atomic E-state index is 13.9. The molecule has 2 amide bonds. The van der Waals surface area contributed by atoms with Crippen LogP contribution in [0.2, 0.25) is 5.02 Å². The summed E-state index contributed by atoms with van der Waals surface area (Å²) in [6, 6.07) is 18.0. The Morgan fingerprint density at radius 2 is 1.63 bits per heavy atom. The summed E-state index contributed by atoms with van der Waals surface area (Å²) in [6.07, 6.45) is 0.366. The zero-order chi connectivity index (χ0) is 28.0. The fraction of sp³-hybridized carbons (Fsp3) is 0.310.